The van der Waals surface area contributed by atoms with Crippen molar-refractivity contribution in [1.29, 1.82) is 0 Å². The molecule has 0 bridgehead atoms. The predicted octanol–water partition coefficient (Wildman–Crippen LogP) is 6.59. The van der Waals surface area contributed by atoms with Gasteiger partial charge in [0.1, 0.15) is 29.5 Å². The third kappa shape index (κ3) is 6.18. The molecule has 1 aliphatic rings. The van der Waals surface area contributed by atoms with Crippen molar-refractivity contribution in [2.75, 3.05) is 13.1 Å². The van der Waals surface area contributed by atoms with Crippen LogP contribution in [0.15, 0.2) is 55.1 Å². The van der Waals surface area contributed by atoms with Crippen LogP contribution in [0.1, 0.15) is 49.8 Å². The molecule has 4 heterocycles. The molecule has 0 radical (unpaired) electrons. The van der Waals surface area contributed by atoms with Crippen LogP contribution >= 0.6 is 11.6 Å². The molecule has 5 aromatic rings. The molecule has 1 amide bonds. The van der Waals surface area contributed by atoms with Gasteiger partial charge in [-0.05, 0) is 58.0 Å². The van der Waals surface area contributed by atoms with Crippen LogP contribution in [0.3, 0.4) is 0 Å². The fourth-order valence-electron chi connectivity index (χ4n) is 5.28. The number of carbonyl (C=O) groups excluding carboxylic acids is 1. The third-order valence-electron chi connectivity index (χ3n) is 7.32. The number of carboxylic acid groups (broad SMARTS) is 1. The van der Waals surface area contributed by atoms with Gasteiger partial charge < -0.3 is 24.2 Å². The molecule has 0 atom stereocenters. The van der Waals surface area contributed by atoms with Gasteiger partial charge in [0.05, 0.1) is 27.1 Å². The molecule has 12 nitrogen and oxygen atoms in total. The molecule has 0 spiro atoms. The number of carboxylic acids is 1. The number of halogens is 1. The Labute approximate surface area is 263 Å². The number of hydrogen-bond acceptors (Lipinski definition) is 9. The molecular weight excluding hydrogens is 600 g/mol. The maximum atomic E-state index is 12.8. The minimum Gasteiger partial charge on any atom is -0.487 e. The number of aromatic carboxylic acids is 1. The van der Waals surface area contributed by atoms with E-state index in [9.17, 15) is 14.7 Å². The van der Waals surface area contributed by atoms with Gasteiger partial charge in [-0.15, -0.1) is 0 Å². The lowest BCUT2D eigenvalue weighted by molar-refractivity contribution is 0.0127. The number of benzene rings is 2. The monoisotopic (exact) mass is 630 g/mol. The number of piperidine rings is 1. The molecule has 13 heteroatoms. The number of rotatable bonds is 6. The summed E-state index contributed by atoms with van der Waals surface area (Å²) in [6.45, 7) is 8.07. The Morgan fingerprint density at radius 3 is 2.40 bits per heavy atom. The van der Waals surface area contributed by atoms with Gasteiger partial charge in [-0.25, -0.2) is 19.6 Å². The van der Waals surface area contributed by atoms with Gasteiger partial charge in [0, 0.05) is 50.1 Å². The van der Waals surface area contributed by atoms with Crippen molar-refractivity contribution in [2.45, 2.75) is 52.2 Å². The first-order valence-corrected chi connectivity index (χ1v) is 14.8. The van der Waals surface area contributed by atoms with Crippen LogP contribution in [0.5, 0.6) is 17.2 Å². The number of aryl methyl sites for hydroxylation is 1. The van der Waals surface area contributed by atoms with E-state index < -0.39 is 11.6 Å². The van der Waals surface area contributed by atoms with E-state index in [0.29, 0.717) is 65.4 Å². The molecule has 1 N–H and O–H groups in total. The number of aromatic nitrogens is 5. The lowest BCUT2D eigenvalue weighted by Crippen LogP contribution is -2.44. The number of carbonyl (C=O) groups is 2. The quantitative estimate of drug-likeness (QED) is 0.218. The van der Waals surface area contributed by atoms with E-state index >= 15 is 0 Å². The zero-order chi connectivity index (χ0) is 31.9. The Morgan fingerprint density at radius 1 is 0.978 bits per heavy atom. The van der Waals surface area contributed by atoms with Crippen LogP contribution in [-0.4, -0.2) is 71.4 Å². The first kappa shape index (κ1) is 30.1. The Hall–Kier alpha value is -4.97. The largest absolute Gasteiger partial charge is 0.487 e. The second kappa shape index (κ2) is 11.8. The van der Waals surface area contributed by atoms with E-state index in [2.05, 4.69) is 19.9 Å². The average molecular weight is 631 g/mol. The molecular formula is C32H31ClN6O6. The lowest BCUT2D eigenvalue weighted by Gasteiger charge is -2.33. The van der Waals surface area contributed by atoms with E-state index in [-0.39, 0.29) is 28.7 Å². The summed E-state index contributed by atoms with van der Waals surface area (Å²) in [4.78, 5) is 44.3. The Balaban J connectivity index is 1.31. The van der Waals surface area contributed by atoms with Crippen molar-refractivity contribution >= 4 is 45.7 Å². The van der Waals surface area contributed by atoms with E-state index in [1.807, 2.05) is 20.8 Å². The van der Waals surface area contributed by atoms with Crippen molar-refractivity contribution in [3.05, 3.63) is 71.5 Å². The van der Waals surface area contributed by atoms with Crippen LogP contribution in [0.25, 0.3) is 27.8 Å². The third-order valence-corrected chi connectivity index (χ3v) is 7.61. The first-order valence-electron chi connectivity index (χ1n) is 14.4. The zero-order valence-corrected chi connectivity index (χ0v) is 25.9. The normalized spacial score (nSPS) is 14.1. The maximum Gasteiger partial charge on any atom is 0.410 e. The number of hydrogen-bond donors (Lipinski definition) is 1. The van der Waals surface area contributed by atoms with E-state index in [0.717, 1.165) is 5.52 Å². The Kier molecular flexibility index (Phi) is 7.92. The fraction of sp³-hybridized carbons (Fsp3) is 0.312. The Morgan fingerprint density at radius 2 is 1.71 bits per heavy atom. The molecule has 0 unspecified atom stereocenters. The summed E-state index contributed by atoms with van der Waals surface area (Å²) in [5, 5.41) is 11.2. The Bertz CT molecular complexity index is 1930. The molecule has 1 aliphatic heterocycles. The minimum absolute atomic E-state index is 0.110. The second-order valence-corrected chi connectivity index (χ2v) is 12.1. The molecule has 1 fully saturated rings. The van der Waals surface area contributed by atoms with Crippen molar-refractivity contribution in [2.24, 2.45) is 0 Å². The molecule has 0 aliphatic carbocycles. The van der Waals surface area contributed by atoms with Crippen molar-refractivity contribution < 1.29 is 28.9 Å². The van der Waals surface area contributed by atoms with E-state index in [1.54, 1.807) is 60.6 Å². The molecule has 3 aromatic heterocycles. The predicted molar refractivity (Wildman–Crippen MR) is 167 cm³/mol. The van der Waals surface area contributed by atoms with Crippen molar-refractivity contribution in [3.8, 4) is 22.9 Å². The van der Waals surface area contributed by atoms with Gasteiger partial charge >= 0.3 is 12.1 Å². The summed E-state index contributed by atoms with van der Waals surface area (Å²) >= 11 is 6.68. The lowest BCUT2D eigenvalue weighted by atomic mass is 10.1. The highest BCUT2D eigenvalue weighted by Gasteiger charge is 2.32. The number of ether oxygens (including phenoxy) is 3. The minimum atomic E-state index is -1.21. The van der Waals surface area contributed by atoms with Gasteiger partial charge in [-0.1, -0.05) is 11.6 Å². The maximum absolute atomic E-state index is 12.8. The molecule has 6 rings (SSSR count). The van der Waals surface area contributed by atoms with Gasteiger partial charge in [-0.2, -0.15) is 0 Å². The molecule has 45 heavy (non-hydrogen) atoms. The summed E-state index contributed by atoms with van der Waals surface area (Å²) in [6, 6.07) is 10.3. The van der Waals surface area contributed by atoms with Crippen LogP contribution < -0.4 is 9.47 Å². The standard InChI is InChI=1S/C32H31ClN6O6/c1-18-26-28(44-20-9-13-38(14-10-20)31(42)45-32(2,3)4)27(30(40)41)39(29(26)37-17-36-18)19-5-8-25(22(33)15-19)43-21-6-7-23-24(16-21)35-12-11-34-23/h5-8,11-12,15-17,20H,9-10,13-14H2,1-4H3,(H,40,41). The highest BCUT2D eigenvalue weighted by Crippen LogP contribution is 2.40. The van der Waals surface area contributed by atoms with Gasteiger partial charge in [-0.3, -0.25) is 14.5 Å². The van der Waals surface area contributed by atoms with Gasteiger partial charge in [0.2, 0.25) is 0 Å². The summed E-state index contributed by atoms with van der Waals surface area (Å²) in [7, 11) is 0. The number of fused-ring (bicyclic) bond motifs is 2. The van der Waals surface area contributed by atoms with Crippen LogP contribution in [0, 0.1) is 6.92 Å². The summed E-state index contributed by atoms with van der Waals surface area (Å²) in [5.41, 5.74) is 2.07. The van der Waals surface area contributed by atoms with Crippen LogP contribution in [-0.2, 0) is 4.74 Å². The summed E-state index contributed by atoms with van der Waals surface area (Å²) in [5.74, 6) is -0.148. The molecule has 232 valence electrons. The average Bonchev–Trinajstić information content (AvgIpc) is 3.33. The SMILES string of the molecule is Cc1ncnc2c1c(OC1CCN(C(=O)OC(C)(C)C)CC1)c(C(=O)O)n2-c1ccc(Oc2ccc3nccnc3c2)c(Cl)c1. The van der Waals surface area contributed by atoms with E-state index in [1.165, 1.54) is 10.9 Å². The second-order valence-electron chi connectivity index (χ2n) is 11.7. The molecule has 0 saturated carbocycles. The van der Waals surface area contributed by atoms with Gasteiger partial charge in [0.15, 0.2) is 17.1 Å². The number of nitrogens with zero attached hydrogens (tertiary/aromatic N) is 6. The van der Waals surface area contributed by atoms with Crippen LogP contribution in [0.4, 0.5) is 4.79 Å². The summed E-state index contributed by atoms with van der Waals surface area (Å²) in [6.07, 6.45) is 4.87. The highest BCUT2D eigenvalue weighted by molar-refractivity contribution is 6.32. The van der Waals surface area contributed by atoms with Crippen molar-refractivity contribution in [3.63, 3.8) is 0 Å². The zero-order valence-electron chi connectivity index (χ0n) is 25.2. The summed E-state index contributed by atoms with van der Waals surface area (Å²) < 4.78 is 19.4. The van der Waals surface area contributed by atoms with Crippen molar-refractivity contribution in [1.82, 2.24) is 29.4 Å². The van der Waals surface area contributed by atoms with Gasteiger partial charge in [0.25, 0.3) is 0 Å². The molecule has 1 saturated heterocycles. The molecule has 2 aromatic carbocycles. The first-order chi connectivity index (χ1) is 21.5. The fourth-order valence-corrected chi connectivity index (χ4v) is 5.49. The van der Waals surface area contributed by atoms with Crippen LogP contribution in [0.2, 0.25) is 5.02 Å². The highest BCUT2D eigenvalue weighted by atomic mass is 35.5. The smallest absolute Gasteiger partial charge is 0.410 e. The number of amides is 1. The number of likely N-dealkylation sites (tertiary alicyclic amines) is 1. The topological polar surface area (TPSA) is 142 Å². The van der Waals surface area contributed by atoms with E-state index in [4.69, 9.17) is 25.8 Å².